The fourth-order valence-electron chi connectivity index (χ4n) is 4.32. The van der Waals surface area contributed by atoms with Crippen molar-refractivity contribution in [1.82, 2.24) is 4.90 Å². The number of rotatable bonds is 8. The maximum Gasteiger partial charge on any atom is 0.0576 e. The van der Waals surface area contributed by atoms with Gasteiger partial charge >= 0.3 is 0 Å². The lowest BCUT2D eigenvalue weighted by molar-refractivity contribution is 0.0673. The topological polar surface area (TPSA) is 38.5 Å². The monoisotopic (exact) mass is 282 g/mol. The largest absolute Gasteiger partial charge is 0.378 e. The zero-order valence-corrected chi connectivity index (χ0v) is 13.6. The van der Waals surface area contributed by atoms with Crippen LogP contribution < -0.4 is 5.73 Å². The number of nitrogens with zero attached hydrogens (tertiary/aromatic N) is 1. The standard InChI is InChI=1S/C17H34N2O/c1-3-17(4-2,19-12-5-6-13-19)16(18)11-7-9-15-10-8-14-20-15/h15-16H,3-14,18H2,1-2H3. The summed E-state index contributed by atoms with van der Waals surface area (Å²) in [5, 5.41) is 0. The van der Waals surface area contributed by atoms with Gasteiger partial charge < -0.3 is 10.5 Å². The van der Waals surface area contributed by atoms with Gasteiger partial charge in [-0.2, -0.15) is 0 Å². The summed E-state index contributed by atoms with van der Waals surface area (Å²) < 4.78 is 5.72. The molecule has 0 aromatic rings. The van der Waals surface area contributed by atoms with Crippen LogP contribution in [-0.4, -0.2) is 42.3 Å². The van der Waals surface area contributed by atoms with E-state index >= 15 is 0 Å². The number of nitrogens with two attached hydrogens (primary N) is 1. The molecule has 0 bridgehead atoms. The summed E-state index contributed by atoms with van der Waals surface area (Å²) in [4.78, 5) is 2.68. The highest BCUT2D eigenvalue weighted by molar-refractivity contribution is 4.98. The number of hydrogen-bond donors (Lipinski definition) is 1. The molecule has 2 aliphatic rings. The van der Waals surface area contributed by atoms with Crippen molar-refractivity contribution in [2.45, 2.75) is 89.3 Å². The number of likely N-dealkylation sites (tertiary alicyclic amines) is 1. The molecule has 2 rings (SSSR count). The van der Waals surface area contributed by atoms with E-state index in [9.17, 15) is 0 Å². The van der Waals surface area contributed by atoms with Crippen LogP contribution >= 0.6 is 0 Å². The van der Waals surface area contributed by atoms with E-state index in [1.54, 1.807) is 0 Å². The van der Waals surface area contributed by atoms with Crippen LogP contribution in [0.4, 0.5) is 0 Å². The lowest BCUT2D eigenvalue weighted by Gasteiger charge is -2.45. The van der Waals surface area contributed by atoms with Crippen LogP contribution in [0.1, 0.15) is 71.6 Å². The summed E-state index contributed by atoms with van der Waals surface area (Å²) in [6.07, 6.45) is 11.7. The molecule has 0 aliphatic carbocycles. The van der Waals surface area contributed by atoms with Crippen LogP contribution in [0.2, 0.25) is 0 Å². The zero-order valence-electron chi connectivity index (χ0n) is 13.6. The lowest BCUT2D eigenvalue weighted by atomic mass is 9.80. The SMILES string of the molecule is CCC(CC)(C(N)CCCC1CCCO1)N1CCCC1. The summed E-state index contributed by atoms with van der Waals surface area (Å²) in [6.45, 7) is 8.12. The van der Waals surface area contributed by atoms with E-state index in [0.29, 0.717) is 12.1 Å². The van der Waals surface area contributed by atoms with Crippen molar-refractivity contribution in [3.63, 3.8) is 0 Å². The molecule has 118 valence electrons. The van der Waals surface area contributed by atoms with Gasteiger partial charge in [-0.05, 0) is 70.9 Å². The van der Waals surface area contributed by atoms with Crippen molar-refractivity contribution in [3.05, 3.63) is 0 Å². The smallest absolute Gasteiger partial charge is 0.0576 e. The third kappa shape index (κ3) is 3.55. The minimum atomic E-state index is 0.243. The van der Waals surface area contributed by atoms with Crippen LogP contribution in [0.3, 0.4) is 0 Å². The molecule has 0 radical (unpaired) electrons. The van der Waals surface area contributed by atoms with Crippen molar-refractivity contribution in [2.24, 2.45) is 5.73 Å². The van der Waals surface area contributed by atoms with Crippen molar-refractivity contribution in [3.8, 4) is 0 Å². The van der Waals surface area contributed by atoms with Gasteiger partial charge in [-0.3, -0.25) is 4.90 Å². The summed E-state index contributed by atoms with van der Waals surface area (Å²) >= 11 is 0. The molecular weight excluding hydrogens is 248 g/mol. The molecule has 0 aromatic carbocycles. The molecule has 0 saturated carbocycles. The first kappa shape index (κ1) is 16.3. The highest BCUT2D eigenvalue weighted by Gasteiger charge is 2.39. The fourth-order valence-corrected chi connectivity index (χ4v) is 4.32. The van der Waals surface area contributed by atoms with Crippen molar-refractivity contribution in [2.75, 3.05) is 19.7 Å². The van der Waals surface area contributed by atoms with Crippen molar-refractivity contribution < 1.29 is 4.74 Å². The second-order valence-electron chi connectivity index (χ2n) is 6.68. The predicted octanol–water partition coefficient (Wildman–Crippen LogP) is 3.32. The Morgan fingerprint density at radius 3 is 2.45 bits per heavy atom. The Balaban J connectivity index is 1.83. The average molecular weight is 282 g/mol. The molecule has 3 heteroatoms. The Labute approximate surface area is 125 Å². The van der Waals surface area contributed by atoms with Gasteiger partial charge in [0.25, 0.3) is 0 Å². The fraction of sp³-hybridized carbons (Fsp3) is 1.00. The molecule has 2 unspecified atom stereocenters. The number of ether oxygens (including phenoxy) is 1. The summed E-state index contributed by atoms with van der Waals surface area (Å²) in [5.41, 5.74) is 6.90. The number of hydrogen-bond acceptors (Lipinski definition) is 3. The van der Waals surface area contributed by atoms with Crippen LogP contribution in [0, 0.1) is 0 Å². The molecule has 2 aliphatic heterocycles. The van der Waals surface area contributed by atoms with E-state index in [-0.39, 0.29) is 5.54 Å². The van der Waals surface area contributed by atoms with Gasteiger partial charge in [0.15, 0.2) is 0 Å². The first-order chi connectivity index (χ1) is 9.73. The third-order valence-corrected chi connectivity index (χ3v) is 5.72. The van der Waals surface area contributed by atoms with Crippen molar-refractivity contribution >= 4 is 0 Å². The molecule has 2 fully saturated rings. The Morgan fingerprint density at radius 2 is 1.90 bits per heavy atom. The Bertz CT molecular complexity index is 266. The second kappa shape index (κ2) is 7.77. The molecule has 3 nitrogen and oxygen atoms in total. The molecule has 0 aromatic heterocycles. The summed E-state index contributed by atoms with van der Waals surface area (Å²) in [5.74, 6) is 0. The van der Waals surface area contributed by atoms with E-state index in [4.69, 9.17) is 10.5 Å². The minimum Gasteiger partial charge on any atom is -0.378 e. The second-order valence-corrected chi connectivity index (χ2v) is 6.68. The minimum absolute atomic E-state index is 0.243. The highest BCUT2D eigenvalue weighted by Crippen LogP contribution is 2.33. The van der Waals surface area contributed by atoms with E-state index in [0.717, 1.165) is 13.0 Å². The molecule has 0 amide bonds. The molecule has 0 spiro atoms. The predicted molar refractivity (Wildman–Crippen MR) is 84.9 cm³/mol. The van der Waals surface area contributed by atoms with E-state index in [2.05, 4.69) is 18.7 Å². The quantitative estimate of drug-likeness (QED) is 0.742. The van der Waals surface area contributed by atoms with Crippen molar-refractivity contribution in [1.29, 1.82) is 0 Å². The summed E-state index contributed by atoms with van der Waals surface area (Å²) in [6, 6.07) is 0.317. The Kier molecular flexibility index (Phi) is 6.31. The van der Waals surface area contributed by atoms with Crippen LogP contribution in [0.15, 0.2) is 0 Å². The van der Waals surface area contributed by atoms with Gasteiger partial charge in [-0.25, -0.2) is 0 Å². The zero-order chi connectivity index (χ0) is 14.4. The molecule has 2 saturated heterocycles. The van der Waals surface area contributed by atoms with Crippen LogP contribution in [-0.2, 0) is 4.74 Å². The van der Waals surface area contributed by atoms with Gasteiger partial charge in [-0.1, -0.05) is 13.8 Å². The van der Waals surface area contributed by atoms with E-state index in [1.807, 2.05) is 0 Å². The third-order valence-electron chi connectivity index (χ3n) is 5.72. The Hall–Kier alpha value is -0.120. The maximum absolute atomic E-state index is 6.66. The van der Waals surface area contributed by atoms with Gasteiger partial charge in [0, 0.05) is 18.2 Å². The molecule has 2 atom stereocenters. The average Bonchev–Trinajstić information content (AvgIpc) is 3.14. The molecule has 20 heavy (non-hydrogen) atoms. The lowest BCUT2D eigenvalue weighted by Crippen LogP contribution is -2.58. The van der Waals surface area contributed by atoms with Gasteiger partial charge in [0.1, 0.15) is 0 Å². The van der Waals surface area contributed by atoms with E-state index in [1.165, 1.54) is 64.5 Å². The van der Waals surface area contributed by atoms with Gasteiger partial charge in [-0.15, -0.1) is 0 Å². The first-order valence-corrected chi connectivity index (χ1v) is 8.85. The highest BCUT2D eigenvalue weighted by atomic mass is 16.5. The normalized spacial score (nSPS) is 26.2. The molecule has 2 N–H and O–H groups in total. The van der Waals surface area contributed by atoms with Gasteiger partial charge in [0.2, 0.25) is 0 Å². The summed E-state index contributed by atoms with van der Waals surface area (Å²) in [7, 11) is 0. The van der Waals surface area contributed by atoms with E-state index < -0.39 is 0 Å². The van der Waals surface area contributed by atoms with Gasteiger partial charge in [0.05, 0.1) is 6.10 Å². The van der Waals surface area contributed by atoms with Crippen LogP contribution in [0.5, 0.6) is 0 Å². The van der Waals surface area contributed by atoms with Crippen LogP contribution in [0.25, 0.3) is 0 Å². The molecule has 2 heterocycles. The first-order valence-electron chi connectivity index (χ1n) is 8.85. The molecular formula is C17H34N2O. The Morgan fingerprint density at radius 1 is 1.20 bits per heavy atom. The maximum atomic E-state index is 6.66.